The second-order valence-corrected chi connectivity index (χ2v) is 10.1. The third-order valence-electron chi connectivity index (χ3n) is 6.36. The zero-order valence-electron chi connectivity index (χ0n) is 21.0. The molecule has 0 spiro atoms. The van der Waals surface area contributed by atoms with Crippen molar-refractivity contribution >= 4 is 28.7 Å². The zero-order chi connectivity index (χ0) is 25.6. The Bertz CT molecular complexity index is 1460. The third kappa shape index (κ3) is 4.41. The lowest BCUT2D eigenvalue weighted by Gasteiger charge is -2.33. The quantitative estimate of drug-likeness (QED) is 0.454. The molecule has 3 aromatic heterocycles. The number of ether oxygens (including phenoxy) is 1. The van der Waals surface area contributed by atoms with E-state index in [-0.39, 0.29) is 23.5 Å². The molecule has 1 N–H and O–H groups in total. The van der Waals surface area contributed by atoms with Gasteiger partial charge in [0.1, 0.15) is 12.1 Å². The summed E-state index contributed by atoms with van der Waals surface area (Å²) in [5.74, 6) is 1.60. The van der Waals surface area contributed by atoms with Crippen LogP contribution in [0.25, 0.3) is 10.9 Å². The van der Waals surface area contributed by atoms with Gasteiger partial charge in [-0.15, -0.1) is 0 Å². The van der Waals surface area contributed by atoms with Crippen LogP contribution in [-0.2, 0) is 23.3 Å². The van der Waals surface area contributed by atoms with Gasteiger partial charge in [-0.3, -0.25) is 19.4 Å². The number of fused-ring (bicyclic) bond motifs is 2. The van der Waals surface area contributed by atoms with E-state index in [9.17, 15) is 9.59 Å². The first-order valence-corrected chi connectivity index (χ1v) is 11.9. The fourth-order valence-electron chi connectivity index (χ4n) is 4.41. The highest BCUT2D eigenvalue weighted by Crippen LogP contribution is 2.32. The number of hydrogen-bond acceptors (Lipinski definition) is 6. The van der Waals surface area contributed by atoms with Gasteiger partial charge in [0, 0.05) is 42.4 Å². The van der Waals surface area contributed by atoms with Crippen LogP contribution >= 0.6 is 0 Å². The van der Waals surface area contributed by atoms with Gasteiger partial charge in [0.2, 0.25) is 11.8 Å². The van der Waals surface area contributed by atoms with Crippen LogP contribution in [0.1, 0.15) is 45.9 Å². The smallest absolute Gasteiger partial charge is 0.331 e. The second-order valence-electron chi connectivity index (χ2n) is 10.1. The predicted molar refractivity (Wildman–Crippen MR) is 135 cm³/mol. The summed E-state index contributed by atoms with van der Waals surface area (Å²) in [5, 5.41) is 8.14. The summed E-state index contributed by atoms with van der Waals surface area (Å²) in [7, 11) is 0. The monoisotopic (exact) mass is 487 g/mol. The highest BCUT2D eigenvalue weighted by molar-refractivity contribution is 5.98. The number of rotatable bonds is 3. The Morgan fingerprint density at radius 1 is 1.11 bits per heavy atom. The average molecular weight is 488 g/mol. The molecule has 2 amide bonds. The van der Waals surface area contributed by atoms with E-state index in [1.807, 2.05) is 62.8 Å². The molecule has 0 fully saturated rings. The SMILES string of the molecule is CC(=O)N1Cc2ncnc(Oc3ccc4c(ccn4C(=O)Nc4ccn(C(C)(C)C)n4)c3)c2CC1C. The van der Waals surface area contributed by atoms with Crippen molar-refractivity contribution in [3.05, 3.63) is 60.3 Å². The van der Waals surface area contributed by atoms with Gasteiger partial charge in [-0.25, -0.2) is 14.8 Å². The van der Waals surface area contributed by atoms with Crippen molar-refractivity contribution in [3.63, 3.8) is 0 Å². The summed E-state index contributed by atoms with van der Waals surface area (Å²) >= 11 is 0. The summed E-state index contributed by atoms with van der Waals surface area (Å²) in [6, 6.07) is 8.89. The lowest BCUT2D eigenvalue weighted by molar-refractivity contribution is -0.132. The summed E-state index contributed by atoms with van der Waals surface area (Å²) in [5.41, 5.74) is 2.28. The van der Waals surface area contributed by atoms with Gasteiger partial charge in [0.25, 0.3) is 0 Å². The fraction of sp³-hybridized carbons (Fsp3) is 0.346. The largest absolute Gasteiger partial charge is 0.439 e. The minimum atomic E-state index is -0.299. The molecule has 4 heterocycles. The molecule has 10 nitrogen and oxygen atoms in total. The molecule has 0 saturated heterocycles. The summed E-state index contributed by atoms with van der Waals surface area (Å²) in [6.45, 7) is 10.2. The van der Waals surface area contributed by atoms with E-state index in [2.05, 4.69) is 20.4 Å². The molecule has 1 aliphatic rings. The summed E-state index contributed by atoms with van der Waals surface area (Å²) in [4.78, 5) is 35.4. The Labute approximate surface area is 208 Å². The Morgan fingerprint density at radius 3 is 2.64 bits per heavy atom. The molecule has 0 saturated carbocycles. The van der Waals surface area contributed by atoms with Gasteiger partial charge in [0.05, 0.1) is 23.3 Å². The van der Waals surface area contributed by atoms with Gasteiger partial charge in [-0.2, -0.15) is 5.10 Å². The molecule has 5 rings (SSSR count). The van der Waals surface area contributed by atoms with Crippen LogP contribution in [0.3, 0.4) is 0 Å². The maximum absolute atomic E-state index is 12.9. The molecular formula is C26H29N7O3. The number of nitrogens with zero attached hydrogens (tertiary/aromatic N) is 6. The molecule has 10 heteroatoms. The van der Waals surface area contributed by atoms with Crippen molar-refractivity contribution in [2.24, 2.45) is 0 Å². The molecule has 0 bridgehead atoms. The number of carbonyl (C=O) groups is 2. The second kappa shape index (κ2) is 8.78. The van der Waals surface area contributed by atoms with Gasteiger partial charge in [-0.1, -0.05) is 0 Å². The van der Waals surface area contributed by atoms with Crippen LogP contribution in [0.4, 0.5) is 10.6 Å². The maximum atomic E-state index is 12.9. The van der Waals surface area contributed by atoms with E-state index in [0.29, 0.717) is 30.4 Å². The van der Waals surface area contributed by atoms with Crippen LogP contribution in [0, 0.1) is 0 Å². The van der Waals surface area contributed by atoms with E-state index >= 15 is 0 Å². The first kappa shape index (κ1) is 23.5. The number of hydrogen-bond donors (Lipinski definition) is 1. The molecule has 186 valence electrons. The number of aromatic nitrogens is 5. The van der Waals surface area contributed by atoms with E-state index in [0.717, 1.165) is 22.2 Å². The number of carbonyl (C=O) groups excluding carboxylic acids is 2. The van der Waals surface area contributed by atoms with Gasteiger partial charge in [0.15, 0.2) is 5.82 Å². The average Bonchev–Trinajstić information content (AvgIpc) is 3.46. The summed E-state index contributed by atoms with van der Waals surface area (Å²) < 4.78 is 9.50. The van der Waals surface area contributed by atoms with Gasteiger partial charge >= 0.3 is 6.03 Å². The molecule has 0 aliphatic carbocycles. The predicted octanol–water partition coefficient (Wildman–Crippen LogP) is 4.55. The molecule has 0 radical (unpaired) electrons. The number of benzene rings is 1. The van der Waals surface area contributed by atoms with Crippen LogP contribution in [-0.4, -0.2) is 47.2 Å². The third-order valence-corrected chi connectivity index (χ3v) is 6.36. The first-order valence-electron chi connectivity index (χ1n) is 11.9. The molecule has 1 atom stereocenters. The highest BCUT2D eigenvalue weighted by atomic mass is 16.5. The number of nitrogens with one attached hydrogen (secondary N) is 1. The van der Waals surface area contributed by atoms with Crippen molar-refractivity contribution in [3.8, 4) is 11.6 Å². The Balaban J connectivity index is 1.35. The lowest BCUT2D eigenvalue weighted by atomic mass is 9.99. The number of anilines is 1. The fourth-order valence-corrected chi connectivity index (χ4v) is 4.41. The Morgan fingerprint density at radius 2 is 1.92 bits per heavy atom. The van der Waals surface area contributed by atoms with E-state index in [1.165, 1.54) is 6.33 Å². The van der Waals surface area contributed by atoms with Crippen LogP contribution < -0.4 is 10.1 Å². The van der Waals surface area contributed by atoms with Crippen molar-refractivity contribution in [1.82, 2.24) is 29.2 Å². The minimum absolute atomic E-state index is 0.0239. The van der Waals surface area contributed by atoms with Gasteiger partial charge in [-0.05, 0) is 58.4 Å². The van der Waals surface area contributed by atoms with Crippen molar-refractivity contribution in [1.29, 1.82) is 0 Å². The normalized spacial score (nSPS) is 15.6. The van der Waals surface area contributed by atoms with Crippen molar-refractivity contribution in [2.45, 2.75) is 59.2 Å². The van der Waals surface area contributed by atoms with Gasteiger partial charge < -0.3 is 9.64 Å². The molecule has 4 aromatic rings. The van der Waals surface area contributed by atoms with Crippen LogP contribution in [0.2, 0.25) is 0 Å². The van der Waals surface area contributed by atoms with Crippen LogP contribution in [0.5, 0.6) is 11.6 Å². The number of amides is 2. The molecule has 1 aliphatic heterocycles. The van der Waals surface area contributed by atoms with E-state index < -0.39 is 0 Å². The minimum Gasteiger partial charge on any atom is -0.439 e. The molecule has 1 unspecified atom stereocenters. The molecule has 1 aromatic carbocycles. The van der Waals surface area contributed by atoms with E-state index in [1.54, 1.807) is 28.7 Å². The highest BCUT2D eigenvalue weighted by Gasteiger charge is 2.28. The first-order chi connectivity index (χ1) is 17.1. The lowest BCUT2D eigenvalue weighted by Crippen LogP contribution is -2.41. The Hall–Kier alpha value is -4.21. The van der Waals surface area contributed by atoms with Crippen molar-refractivity contribution in [2.75, 3.05) is 5.32 Å². The standard InChI is InChI=1S/C26H29N7O3/c1-16-12-20-21(14-32(16)17(2)34)27-15-28-24(20)36-19-6-7-22-18(13-19)8-10-31(22)25(35)29-23-9-11-33(30-23)26(3,4)5/h6-11,13,15-16H,12,14H2,1-5H3,(H,29,30,35). The Kier molecular flexibility index (Phi) is 5.74. The van der Waals surface area contributed by atoms with Crippen LogP contribution in [0.15, 0.2) is 49.1 Å². The molecule has 36 heavy (non-hydrogen) atoms. The molecular weight excluding hydrogens is 458 g/mol. The maximum Gasteiger partial charge on any atom is 0.331 e. The topological polar surface area (TPSA) is 107 Å². The van der Waals surface area contributed by atoms with E-state index in [4.69, 9.17) is 4.74 Å². The van der Waals surface area contributed by atoms with Crippen molar-refractivity contribution < 1.29 is 14.3 Å². The zero-order valence-corrected chi connectivity index (χ0v) is 21.0. The summed E-state index contributed by atoms with van der Waals surface area (Å²) in [6.07, 6.45) is 5.64.